The van der Waals surface area contributed by atoms with Crippen LogP contribution < -0.4 is 5.73 Å². The number of imidazole rings is 1. The molecule has 96 valence electrons. The van der Waals surface area contributed by atoms with Crippen LogP contribution in [0.15, 0.2) is 30.3 Å². The van der Waals surface area contributed by atoms with Crippen LogP contribution in [-0.2, 0) is 0 Å². The number of nitrogens with one attached hydrogen (secondary N) is 1. The molecule has 0 aliphatic carbocycles. The Kier molecular flexibility index (Phi) is 2.56. The molecule has 3 nitrogen and oxygen atoms in total. The highest BCUT2D eigenvalue weighted by Gasteiger charge is 2.11. The maximum atomic E-state index is 6.08. The van der Waals surface area contributed by atoms with E-state index in [1.54, 1.807) is 0 Å². The highest BCUT2D eigenvalue weighted by Crippen LogP contribution is 2.29. The zero-order chi connectivity index (χ0) is 13.6. The van der Waals surface area contributed by atoms with Crippen molar-refractivity contribution in [3.8, 4) is 11.4 Å². The van der Waals surface area contributed by atoms with Crippen LogP contribution >= 0.6 is 0 Å². The summed E-state index contributed by atoms with van der Waals surface area (Å²) in [6, 6.07) is 10.2. The van der Waals surface area contributed by atoms with E-state index in [9.17, 15) is 0 Å². The molecule has 0 saturated carbocycles. The molecule has 2 aromatic carbocycles. The maximum absolute atomic E-state index is 6.08. The molecule has 3 aromatic rings. The van der Waals surface area contributed by atoms with Gasteiger partial charge >= 0.3 is 0 Å². The van der Waals surface area contributed by atoms with E-state index < -0.39 is 0 Å². The predicted octanol–water partition coefficient (Wildman–Crippen LogP) is 3.74. The van der Waals surface area contributed by atoms with E-state index in [2.05, 4.69) is 48.9 Å². The van der Waals surface area contributed by atoms with Crippen molar-refractivity contribution in [2.45, 2.75) is 20.8 Å². The fourth-order valence-corrected chi connectivity index (χ4v) is 2.40. The molecule has 19 heavy (non-hydrogen) atoms. The first kappa shape index (κ1) is 11.8. The van der Waals surface area contributed by atoms with Crippen LogP contribution in [0.25, 0.3) is 22.4 Å². The van der Waals surface area contributed by atoms with Crippen molar-refractivity contribution in [1.82, 2.24) is 9.97 Å². The van der Waals surface area contributed by atoms with E-state index in [-0.39, 0.29) is 0 Å². The summed E-state index contributed by atoms with van der Waals surface area (Å²) in [6.07, 6.45) is 0. The molecule has 1 aromatic heterocycles. The Morgan fingerprint density at radius 3 is 2.47 bits per heavy atom. The van der Waals surface area contributed by atoms with Crippen molar-refractivity contribution in [3.05, 3.63) is 47.0 Å². The zero-order valence-electron chi connectivity index (χ0n) is 11.4. The number of nitrogens with zero attached hydrogens (tertiary/aromatic N) is 1. The summed E-state index contributed by atoms with van der Waals surface area (Å²) < 4.78 is 0. The zero-order valence-corrected chi connectivity index (χ0v) is 11.4. The Labute approximate surface area is 112 Å². The Bertz CT molecular complexity index is 710. The highest BCUT2D eigenvalue weighted by molar-refractivity contribution is 5.84. The molecule has 0 amide bonds. The number of H-pyrrole nitrogens is 1. The molecule has 0 radical (unpaired) electrons. The van der Waals surface area contributed by atoms with Crippen LogP contribution in [0.3, 0.4) is 0 Å². The Hall–Kier alpha value is -2.29. The number of aromatic nitrogens is 2. The minimum atomic E-state index is 0.757. The number of anilines is 1. The quantitative estimate of drug-likeness (QED) is 0.647. The second-order valence-corrected chi connectivity index (χ2v) is 5.08. The van der Waals surface area contributed by atoms with Gasteiger partial charge in [-0.3, -0.25) is 0 Å². The average molecular weight is 251 g/mol. The van der Waals surface area contributed by atoms with Gasteiger partial charge in [0.05, 0.1) is 11.0 Å². The summed E-state index contributed by atoms with van der Waals surface area (Å²) >= 11 is 0. The summed E-state index contributed by atoms with van der Waals surface area (Å²) in [5.41, 5.74) is 13.5. The molecule has 3 heteroatoms. The van der Waals surface area contributed by atoms with Crippen molar-refractivity contribution >= 4 is 16.7 Å². The molecule has 0 atom stereocenters. The van der Waals surface area contributed by atoms with Crippen LogP contribution in [-0.4, -0.2) is 9.97 Å². The molecule has 0 unspecified atom stereocenters. The topological polar surface area (TPSA) is 54.7 Å². The molecular weight excluding hydrogens is 234 g/mol. The van der Waals surface area contributed by atoms with Gasteiger partial charge in [0.1, 0.15) is 5.82 Å². The normalized spacial score (nSPS) is 11.1. The van der Waals surface area contributed by atoms with Gasteiger partial charge in [0.25, 0.3) is 0 Å². The molecule has 0 fully saturated rings. The van der Waals surface area contributed by atoms with E-state index in [0.29, 0.717) is 0 Å². The van der Waals surface area contributed by atoms with Crippen molar-refractivity contribution in [2.24, 2.45) is 0 Å². The summed E-state index contributed by atoms with van der Waals surface area (Å²) in [7, 11) is 0. The fourth-order valence-electron chi connectivity index (χ4n) is 2.40. The van der Waals surface area contributed by atoms with E-state index in [0.717, 1.165) is 33.7 Å². The molecule has 0 spiro atoms. The second kappa shape index (κ2) is 4.12. The van der Waals surface area contributed by atoms with Gasteiger partial charge in [0.15, 0.2) is 0 Å². The first-order valence-electron chi connectivity index (χ1n) is 6.38. The predicted molar refractivity (Wildman–Crippen MR) is 80.2 cm³/mol. The number of fused-ring (bicyclic) bond motifs is 1. The number of benzene rings is 2. The number of aryl methyl sites for hydroxylation is 3. The van der Waals surface area contributed by atoms with E-state index in [4.69, 9.17) is 5.73 Å². The molecule has 3 rings (SSSR count). The first-order chi connectivity index (χ1) is 9.06. The van der Waals surface area contributed by atoms with Crippen molar-refractivity contribution in [2.75, 3.05) is 5.73 Å². The second-order valence-electron chi connectivity index (χ2n) is 5.08. The number of hydrogen-bond donors (Lipinski definition) is 2. The monoisotopic (exact) mass is 251 g/mol. The number of nitrogen functional groups attached to an aromatic ring is 1. The lowest BCUT2D eigenvalue weighted by molar-refractivity contribution is 1.31. The number of nitrogens with two attached hydrogens (primary N) is 1. The average Bonchev–Trinajstić information content (AvgIpc) is 2.72. The SMILES string of the molecule is Cc1cc2nc(-c3c(C)cccc3N)[nH]c2cc1C. The largest absolute Gasteiger partial charge is 0.398 e. The van der Waals surface area contributed by atoms with Gasteiger partial charge in [-0.25, -0.2) is 4.98 Å². The van der Waals surface area contributed by atoms with Gasteiger partial charge in [0, 0.05) is 11.3 Å². The number of aromatic amines is 1. The Morgan fingerprint density at radius 1 is 1.00 bits per heavy atom. The van der Waals surface area contributed by atoms with Gasteiger partial charge < -0.3 is 10.7 Å². The third-order valence-corrected chi connectivity index (χ3v) is 3.64. The third-order valence-electron chi connectivity index (χ3n) is 3.64. The lowest BCUT2D eigenvalue weighted by Gasteiger charge is -2.05. The van der Waals surface area contributed by atoms with Gasteiger partial charge in [-0.05, 0) is 55.7 Å². The Morgan fingerprint density at radius 2 is 1.74 bits per heavy atom. The number of rotatable bonds is 1. The van der Waals surface area contributed by atoms with E-state index in [1.807, 2.05) is 12.1 Å². The highest BCUT2D eigenvalue weighted by atomic mass is 14.9. The van der Waals surface area contributed by atoms with Crippen LogP contribution in [0.1, 0.15) is 16.7 Å². The summed E-state index contributed by atoms with van der Waals surface area (Å²) in [4.78, 5) is 8.04. The summed E-state index contributed by atoms with van der Waals surface area (Å²) in [6.45, 7) is 6.26. The minimum Gasteiger partial charge on any atom is -0.398 e. The first-order valence-corrected chi connectivity index (χ1v) is 6.38. The minimum absolute atomic E-state index is 0.757. The lowest BCUT2D eigenvalue weighted by Crippen LogP contribution is -1.93. The van der Waals surface area contributed by atoms with Crippen LogP contribution in [0.4, 0.5) is 5.69 Å². The van der Waals surface area contributed by atoms with Crippen LogP contribution in [0.2, 0.25) is 0 Å². The van der Waals surface area contributed by atoms with Crippen LogP contribution in [0, 0.1) is 20.8 Å². The maximum Gasteiger partial charge on any atom is 0.140 e. The van der Waals surface area contributed by atoms with Crippen molar-refractivity contribution < 1.29 is 0 Å². The summed E-state index contributed by atoms with van der Waals surface area (Å²) in [5.74, 6) is 0.843. The van der Waals surface area contributed by atoms with E-state index in [1.165, 1.54) is 11.1 Å². The third kappa shape index (κ3) is 1.87. The fraction of sp³-hybridized carbons (Fsp3) is 0.188. The smallest absolute Gasteiger partial charge is 0.140 e. The standard InChI is InChI=1S/C16H17N3/c1-9-5-4-6-12(17)15(9)16-18-13-7-10(2)11(3)8-14(13)19-16/h4-8H,17H2,1-3H3,(H,18,19). The lowest BCUT2D eigenvalue weighted by atomic mass is 10.1. The summed E-state index contributed by atoms with van der Waals surface area (Å²) in [5, 5.41) is 0. The molecular formula is C16H17N3. The molecule has 1 heterocycles. The van der Waals surface area contributed by atoms with E-state index >= 15 is 0 Å². The molecule has 0 bridgehead atoms. The van der Waals surface area contributed by atoms with Gasteiger partial charge in [-0.15, -0.1) is 0 Å². The van der Waals surface area contributed by atoms with Crippen molar-refractivity contribution in [3.63, 3.8) is 0 Å². The molecule has 0 aliphatic heterocycles. The Balaban J connectivity index is 2.26. The van der Waals surface area contributed by atoms with Gasteiger partial charge in [-0.1, -0.05) is 12.1 Å². The molecule has 0 aliphatic rings. The van der Waals surface area contributed by atoms with Crippen molar-refractivity contribution in [1.29, 1.82) is 0 Å². The molecule has 3 N–H and O–H groups in total. The van der Waals surface area contributed by atoms with Gasteiger partial charge in [0.2, 0.25) is 0 Å². The van der Waals surface area contributed by atoms with Gasteiger partial charge in [-0.2, -0.15) is 0 Å². The van der Waals surface area contributed by atoms with Crippen LogP contribution in [0.5, 0.6) is 0 Å². The number of hydrogen-bond acceptors (Lipinski definition) is 2. The molecule has 0 saturated heterocycles.